The first-order chi connectivity index (χ1) is 11.7. The molecule has 2 fully saturated rings. The van der Waals surface area contributed by atoms with Crippen molar-refractivity contribution in [2.75, 3.05) is 0 Å². The number of rotatable bonds is 2. The first-order valence-corrected chi connectivity index (χ1v) is 8.51. The third kappa shape index (κ3) is 3.96. The van der Waals surface area contributed by atoms with E-state index in [2.05, 4.69) is 17.6 Å². The maximum absolute atomic E-state index is 12.6. The van der Waals surface area contributed by atoms with Crippen LogP contribution in [0.5, 0.6) is 0 Å². The smallest absolute Gasteiger partial charge is 0.353 e. The maximum Gasteiger partial charge on any atom is 0.416 e. The summed E-state index contributed by atoms with van der Waals surface area (Å²) in [6.07, 6.45) is -1.47. The molecule has 1 aromatic carbocycles. The summed E-state index contributed by atoms with van der Waals surface area (Å²) in [5.41, 5.74) is -0.570. The highest BCUT2D eigenvalue weighted by molar-refractivity contribution is 5.94. The van der Waals surface area contributed by atoms with Crippen LogP contribution in [0.15, 0.2) is 24.3 Å². The monoisotopic (exact) mass is 354 g/mol. The molecule has 136 valence electrons. The average molecular weight is 354 g/mol. The number of nitrogens with one attached hydrogen (secondary N) is 2. The van der Waals surface area contributed by atoms with E-state index in [1.807, 2.05) is 0 Å². The molecule has 0 aromatic heterocycles. The Kier molecular flexibility index (Phi) is 4.75. The third-order valence-corrected chi connectivity index (χ3v) is 5.30. The molecule has 3 rings (SSSR count). The molecule has 4 atom stereocenters. The lowest BCUT2D eigenvalue weighted by Gasteiger charge is -2.43. The number of alkyl halides is 3. The Bertz CT molecular complexity index is 657. The Morgan fingerprint density at radius 2 is 1.88 bits per heavy atom. The van der Waals surface area contributed by atoms with Crippen molar-refractivity contribution < 1.29 is 22.8 Å². The van der Waals surface area contributed by atoms with E-state index in [9.17, 15) is 22.8 Å². The quantitative estimate of drug-likeness (QED) is 0.857. The van der Waals surface area contributed by atoms with Crippen molar-refractivity contribution >= 4 is 11.8 Å². The molecule has 0 bridgehead atoms. The molecule has 4 nitrogen and oxygen atoms in total. The molecule has 25 heavy (non-hydrogen) atoms. The Hall–Kier alpha value is -2.05. The summed E-state index contributed by atoms with van der Waals surface area (Å²) in [6, 6.07) is 4.18. The predicted octanol–water partition coefficient (Wildman–Crippen LogP) is 3.13. The summed E-state index contributed by atoms with van der Waals surface area (Å²) in [4.78, 5) is 24.0. The van der Waals surface area contributed by atoms with Gasteiger partial charge < -0.3 is 10.6 Å². The number of hydrogen-bond acceptors (Lipinski definition) is 2. The van der Waals surface area contributed by atoms with Crippen LogP contribution in [-0.2, 0) is 11.0 Å². The van der Waals surface area contributed by atoms with Gasteiger partial charge in [-0.1, -0.05) is 6.92 Å². The minimum atomic E-state index is -4.41. The van der Waals surface area contributed by atoms with Crippen LogP contribution in [-0.4, -0.2) is 23.9 Å². The first-order valence-electron chi connectivity index (χ1n) is 8.51. The number of halogens is 3. The number of carbonyl (C=O) groups is 2. The van der Waals surface area contributed by atoms with Gasteiger partial charge in [-0.15, -0.1) is 0 Å². The number of fused-ring (bicyclic) bond motifs is 1. The van der Waals surface area contributed by atoms with E-state index >= 15 is 0 Å². The summed E-state index contributed by atoms with van der Waals surface area (Å²) in [7, 11) is 0. The summed E-state index contributed by atoms with van der Waals surface area (Å²) in [5.74, 6) is 0.429. The highest BCUT2D eigenvalue weighted by Gasteiger charge is 2.39. The fourth-order valence-electron chi connectivity index (χ4n) is 3.96. The molecule has 0 radical (unpaired) electrons. The molecule has 2 aliphatic rings. The van der Waals surface area contributed by atoms with E-state index in [0.29, 0.717) is 24.7 Å². The molecule has 1 heterocycles. The zero-order chi connectivity index (χ0) is 18.2. The second kappa shape index (κ2) is 6.69. The van der Waals surface area contributed by atoms with Crippen molar-refractivity contribution in [3.8, 4) is 0 Å². The van der Waals surface area contributed by atoms with Crippen LogP contribution in [0, 0.1) is 11.8 Å². The van der Waals surface area contributed by atoms with Crippen molar-refractivity contribution in [1.29, 1.82) is 0 Å². The lowest BCUT2D eigenvalue weighted by atomic mass is 9.72. The van der Waals surface area contributed by atoms with Crippen LogP contribution in [0.4, 0.5) is 13.2 Å². The molecule has 0 spiro atoms. The normalized spacial score (nSPS) is 29.5. The molecule has 7 heteroatoms. The van der Waals surface area contributed by atoms with Crippen molar-refractivity contribution in [2.45, 2.75) is 50.9 Å². The van der Waals surface area contributed by atoms with E-state index in [-0.39, 0.29) is 29.5 Å². The maximum atomic E-state index is 12.6. The SMILES string of the molecule is CC1CC(=O)NC2CC(NC(=O)c3ccc(C(F)(F)F)cc3)CCC12. The molecule has 2 N–H and O–H groups in total. The van der Waals surface area contributed by atoms with Gasteiger partial charge in [0.05, 0.1) is 5.56 Å². The fraction of sp³-hybridized carbons (Fsp3) is 0.556. The van der Waals surface area contributed by atoms with Gasteiger partial charge in [-0.05, 0) is 55.4 Å². The number of hydrogen-bond donors (Lipinski definition) is 2. The topological polar surface area (TPSA) is 58.2 Å². The Balaban J connectivity index is 1.61. The van der Waals surface area contributed by atoms with E-state index < -0.39 is 11.7 Å². The summed E-state index contributed by atoms with van der Waals surface area (Å²) in [6.45, 7) is 2.08. The molecular weight excluding hydrogens is 333 g/mol. The van der Waals surface area contributed by atoms with Crippen molar-refractivity contribution in [2.24, 2.45) is 11.8 Å². The Morgan fingerprint density at radius 1 is 1.20 bits per heavy atom. The fourth-order valence-corrected chi connectivity index (χ4v) is 3.96. The minimum Gasteiger partial charge on any atom is -0.353 e. The lowest BCUT2D eigenvalue weighted by molar-refractivity contribution is -0.137. The molecule has 1 saturated heterocycles. The van der Waals surface area contributed by atoms with E-state index in [1.54, 1.807) is 0 Å². The second-order valence-corrected chi connectivity index (χ2v) is 7.08. The number of piperidine rings is 1. The highest BCUT2D eigenvalue weighted by Crippen LogP contribution is 2.35. The standard InChI is InChI=1S/C18H21F3N2O2/c1-10-8-16(24)23-15-9-13(6-7-14(10)15)22-17(25)11-2-4-12(5-3-11)18(19,20)21/h2-5,10,13-15H,6-9H2,1H3,(H,22,25)(H,23,24). The van der Waals surface area contributed by atoms with Crippen LogP contribution in [0.3, 0.4) is 0 Å². The van der Waals surface area contributed by atoms with Gasteiger partial charge in [0.25, 0.3) is 5.91 Å². The summed E-state index contributed by atoms with van der Waals surface area (Å²) in [5, 5.41) is 5.89. The number of benzene rings is 1. The second-order valence-electron chi connectivity index (χ2n) is 7.08. The molecular formula is C18H21F3N2O2. The molecule has 2 amide bonds. The van der Waals surface area contributed by atoms with Crippen LogP contribution < -0.4 is 10.6 Å². The third-order valence-electron chi connectivity index (χ3n) is 5.30. The van der Waals surface area contributed by atoms with Crippen molar-refractivity contribution in [1.82, 2.24) is 10.6 Å². The zero-order valence-electron chi connectivity index (χ0n) is 13.9. The molecule has 1 aliphatic carbocycles. The van der Waals surface area contributed by atoms with Gasteiger partial charge in [-0.3, -0.25) is 9.59 Å². The van der Waals surface area contributed by atoms with E-state index in [4.69, 9.17) is 0 Å². The Morgan fingerprint density at radius 3 is 2.52 bits per heavy atom. The molecule has 1 aliphatic heterocycles. The largest absolute Gasteiger partial charge is 0.416 e. The lowest BCUT2D eigenvalue weighted by Crippen LogP contribution is -2.54. The first kappa shape index (κ1) is 17.8. The van der Waals surface area contributed by atoms with Crippen LogP contribution in [0.25, 0.3) is 0 Å². The van der Waals surface area contributed by atoms with E-state index in [1.165, 1.54) is 12.1 Å². The van der Waals surface area contributed by atoms with Gasteiger partial charge in [0.1, 0.15) is 0 Å². The zero-order valence-corrected chi connectivity index (χ0v) is 13.9. The van der Waals surface area contributed by atoms with E-state index in [0.717, 1.165) is 25.0 Å². The summed E-state index contributed by atoms with van der Waals surface area (Å²) >= 11 is 0. The van der Waals surface area contributed by atoms with Gasteiger partial charge in [0.15, 0.2) is 0 Å². The van der Waals surface area contributed by atoms with Gasteiger partial charge in [-0.2, -0.15) is 13.2 Å². The van der Waals surface area contributed by atoms with Crippen LogP contribution in [0.1, 0.15) is 48.5 Å². The molecule has 1 aromatic rings. The van der Waals surface area contributed by atoms with Gasteiger partial charge >= 0.3 is 6.18 Å². The number of amides is 2. The minimum absolute atomic E-state index is 0.0449. The van der Waals surface area contributed by atoms with Crippen LogP contribution >= 0.6 is 0 Å². The predicted molar refractivity (Wildman–Crippen MR) is 85.8 cm³/mol. The van der Waals surface area contributed by atoms with Crippen LogP contribution in [0.2, 0.25) is 0 Å². The summed E-state index contributed by atoms with van der Waals surface area (Å²) < 4.78 is 37.7. The van der Waals surface area contributed by atoms with Gasteiger partial charge in [0.2, 0.25) is 5.91 Å². The average Bonchev–Trinajstić information content (AvgIpc) is 2.53. The molecule has 4 unspecified atom stereocenters. The highest BCUT2D eigenvalue weighted by atomic mass is 19.4. The van der Waals surface area contributed by atoms with Gasteiger partial charge in [0, 0.05) is 24.1 Å². The molecule has 1 saturated carbocycles. The van der Waals surface area contributed by atoms with Crippen molar-refractivity contribution in [3.63, 3.8) is 0 Å². The Labute approximate surface area is 144 Å². The van der Waals surface area contributed by atoms with Crippen molar-refractivity contribution in [3.05, 3.63) is 35.4 Å². The number of carbonyl (C=O) groups excluding carboxylic acids is 2. The van der Waals surface area contributed by atoms with Gasteiger partial charge in [-0.25, -0.2) is 0 Å².